The number of amides is 1. The monoisotopic (exact) mass is 457 g/mol. The summed E-state index contributed by atoms with van der Waals surface area (Å²) in [5.74, 6) is -0.0554. The average Bonchev–Trinajstić information content (AvgIpc) is 3.56. The first kappa shape index (κ1) is 20.4. The van der Waals surface area contributed by atoms with E-state index in [1.165, 1.54) is 34.0 Å². The fourth-order valence-electron chi connectivity index (χ4n) is 6.52. The van der Waals surface area contributed by atoms with Gasteiger partial charge in [-0.05, 0) is 65.4 Å². The molecule has 4 aliphatic rings. The Balaban J connectivity index is 1.17. The molecular formula is C28H28FN3O2. The van der Waals surface area contributed by atoms with Gasteiger partial charge in [0.05, 0.1) is 25.9 Å². The van der Waals surface area contributed by atoms with Gasteiger partial charge >= 0.3 is 0 Å². The first-order valence-corrected chi connectivity index (χ1v) is 12.3. The number of rotatable bonds is 4. The molecule has 2 atom stereocenters. The number of benzene rings is 3. The molecular weight excluding hydrogens is 429 g/mol. The molecule has 0 N–H and O–H groups in total. The van der Waals surface area contributed by atoms with Crippen LogP contribution in [-0.4, -0.2) is 60.3 Å². The standard InChI is InChI=1S/C28H28FN3O2/c29-21-7-9-22(10-8-21)32-18-31(16-23-17-34-23)27(33)28(32)11-13-30(14-12-28)25-15-20-5-1-3-19-4-2-6-24(25)26(19)20/h1-10,23,25H,11-18H2/t23-,25?/m1/s1. The average molecular weight is 458 g/mol. The topological polar surface area (TPSA) is 39.3 Å². The summed E-state index contributed by atoms with van der Waals surface area (Å²) in [7, 11) is 0. The van der Waals surface area contributed by atoms with Crippen molar-refractivity contribution >= 4 is 22.4 Å². The highest BCUT2D eigenvalue weighted by atomic mass is 19.1. The van der Waals surface area contributed by atoms with Gasteiger partial charge in [0, 0.05) is 24.8 Å². The molecule has 5 nitrogen and oxygen atoms in total. The Morgan fingerprint density at radius 1 is 1.00 bits per heavy atom. The molecule has 1 spiro atoms. The van der Waals surface area contributed by atoms with Gasteiger partial charge in [0.2, 0.25) is 5.91 Å². The molecule has 0 saturated carbocycles. The van der Waals surface area contributed by atoms with E-state index < -0.39 is 5.54 Å². The lowest BCUT2D eigenvalue weighted by molar-refractivity contribution is -0.134. The van der Waals surface area contributed by atoms with E-state index in [0.717, 1.165) is 44.6 Å². The van der Waals surface area contributed by atoms with Crippen molar-refractivity contribution in [1.82, 2.24) is 9.80 Å². The Labute approximate surface area is 198 Å². The molecule has 3 heterocycles. The smallest absolute Gasteiger partial charge is 0.250 e. The zero-order valence-electron chi connectivity index (χ0n) is 19.1. The Morgan fingerprint density at radius 2 is 1.74 bits per heavy atom. The van der Waals surface area contributed by atoms with Crippen LogP contribution < -0.4 is 4.90 Å². The molecule has 6 heteroatoms. The summed E-state index contributed by atoms with van der Waals surface area (Å²) in [6.45, 7) is 3.65. The van der Waals surface area contributed by atoms with E-state index in [2.05, 4.69) is 46.2 Å². The number of halogens is 1. The third kappa shape index (κ3) is 3.08. The molecule has 34 heavy (non-hydrogen) atoms. The second-order valence-corrected chi connectivity index (χ2v) is 10.2. The van der Waals surface area contributed by atoms with Gasteiger partial charge in [-0.1, -0.05) is 36.4 Å². The number of piperidine rings is 1. The maximum absolute atomic E-state index is 13.8. The highest BCUT2D eigenvalue weighted by Crippen LogP contribution is 2.45. The first-order valence-electron chi connectivity index (χ1n) is 12.3. The number of hydrogen-bond acceptors (Lipinski definition) is 4. The molecule has 0 radical (unpaired) electrons. The van der Waals surface area contributed by atoms with E-state index in [1.807, 2.05) is 17.0 Å². The second kappa shape index (κ2) is 7.52. The minimum atomic E-state index is -0.569. The van der Waals surface area contributed by atoms with E-state index in [9.17, 15) is 9.18 Å². The predicted molar refractivity (Wildman–Crippen MR) is 129 cm³/mol. The van der Waals surface area contributed by atoms with Crippen LogP contribution in [-0.2, 0) is 16.0 Å². The van der Waals surface area contributed by atoms with Crippen molar-refractivity contribution in [2.75, 3.05) is 37.8 Å². The zero-order chi connectivity index (χ0) is 22.9. The predicted octanol–water partition coefficient (Wildman–Crippen LogP) is 4.12. The fraction of sp³-hybridized carbons (Fsp3) is 0.393. The van der Waals surface area contributed by atoms with Crippen LogP contribution in [0.15, 0.2) is 60.7 Å². The van der Waals surface area contributed by atoms with Crippen molar-refractivity contribution in [1.29, 1.82) is 0 Å². The van der Waals surface area contributed by atoms with Gasteiger partial charge in [-0.3, -0.25) is 9.69 Å². The lowest BCUT2D eigenvalue weighted by Gasteiger charge is -2.45. The van der Waals surface area contributed by atoms with E-state index in [0.29, 0.717) is 19.3 Å². The Kier molecular flexibility index (Phi) is 4.52. The highest BCUT2D eigenvalue weighted by molar-refractivity contribution is 5.94. The first-order chi connectivity index (χ1) is 16.6. The van der Waals surface area contributed by atoms with Gasteiger partial charge in [-0.15, -0.1) is 0 Å². The van der Waals surface area contributed by atoms with Crippen LogP contribution >= 0.6 is 0 Å². The number of anilines is 1. The van der Waals surface area contributed by atoms with E-state index >= 15 is 0 Å². The van der Waals surface area contributed by atoms with Crippen molar-refractivity contribution in [2.45, 2.75) is 36.9 Å². The number of hydrogen-bond donors (Lipinski definition) is 0. The molecule has 1 amide bonds. The maximum Gasteiger partial charge on any atom is 0.250 e. The Hall–Kier alpha value is -2.96. The quantitative estimate of drug-likeness (QED) is 0.553. The summed E-state index contributed by atoms with van der Waals surface area (Å²) < 4.78 is 19.1. The normalized spacial score (nSPS) is 25.6. The molecule has 1 aliphatic carbocycles. The largest absolute Gasteiger partial charge is 0.371 e. The summed E-state index contributed by atoms with van der Waals surface area (Å²) in [5, 5.41) is 2.73. The van der Waals surface area contributed by atoms with Gasteiger partial charge in [0.25, 0.3) is 0 Å². The van der Waals surface area contributed by atoms with Gasteiger partial charge in [0.1, 0.15) is 11.4 Å². The van der Waals surface area contributed by atoms with Gasteiger partial charge in [0.15, 0.2) is 0 Å². The Morgan fingerprint density at radius 3 is 2.47 bits per heavy atom. The summed E-state index contributed by atoms with van der Waals surface area (Å²) in [6, 6.07) is 20.2. The molecule has 1 unspecified atom stereocenters. The summed E-state index contributed by atoms with van der Waals surface area (Å²) in [4.78, 5) is 20.5. The van der Waals surface area contributed by atoms with Crippen LogP contribution in [0.25, 0.3) is 10.8 Å². The minimum Gasteiger partial charge on any atom is -0.371 e. The van der Waals surface area contributed by atoms with Gasteiger partial charge in [-0.2, -0.15) is 0 Å². The van der Waals surface area contributed by atoms with Crippen molar-refractivity contribution in [3.63, 3.8) is 0 Å². The molecule has 3 fully saturated rings. The molecule has 0 aromatic heterocycles. The van der Waals surface area contributed by atoms with Crippen LogP contribution in [0.4, 0.5) is 10.1 Å². The van der Waals surface area contributed by atoms with Crippen LogP contribution in [0.5, 0.6) is 0 Å². The molecule has 3 aliphatic heterocycles. The van der Waals surface area contributed by atoms with E-state index in [-0.39, 0.29) is 17.8 Å². The van der Waals surface area contributed by atoms with Crippen LogP contribution in [0.2, 0.25) is 0 Å². The number of carbonyl (C=O) groups is 1. The number of ether oxygens (including phenoxy) is 1. The molecule has 3 aromatic carbocycles. The lowest BCUT2D eigenvalue weighted by atomic mass is 9.84. The zero-order valence-corrected chi connectivity index (χ0v) is 19.1. The number of epoxide rings is 1. The minimum absolute atomic E-state index is 0.159. The molecule has 3 saturated heterocycles. The van der Waals surface area contributed by atoms with Crippen LogP contribution in [0.1, 0.15) is 30.0 Å². The summed E-state index contributed by atoms with van der Waals surface area (Å²) in [6.07, 6.45) is 2.73. The molecule has 0 bridgehead atoms. The van der Waals surface area contributed by atoms with Crippen molar-refractivity contribution in [3.05, 3.63) is 77.6 Å². The number of nitrogens with zero attached hydrogens (tertiary/aromatic N) is 3. The van der Waals surface area contributed by atoms with Crippen LogP contribution in [0, 0.1) is 5.82 Å². The summed E-state index contributed by atoms with van der Waals surface area (Å²) in [5.41, 5.74) is 3.20. The highest BCUT2D eigenvalue weighted by Gasteiger charge is 2.55. The number of carbonyl (C=O) groups excluding carboxylic acids is 1. The maximum atomic E-state index is 13.8. The second-order valence-electron chi connectivity index (χ2n) is 10.2. The van der Waals surface area contributed by atoms with Crippen molar-refractivity contribution < 1.29 is 13.9 Å². The van der Waals surface area contributed by atoms with Crippen molar-refractivity contribution in [3.8, 4) is 0 Å². The molecule has 3 aromatic rings. The Bertz CT molecular complexity index is 1260. The summed E-state index contributed by atoms with van der Waals surface area (Å²) >= 11 is 0. The van der Waals surface area contributed by atoms with Gasteiger partial charge < -0.3 is 14.5 Å². The third-order valence-electron chi connectivity index (χ3n) is 8.34. The van der Waals surface area contributed by atoms with Crippen LogP contribution in [0.3, 0.4) is 0 Å². The SMILES string of the molecule is O=C1N(C[C@@H]2CO2)CN(c2ccc(F)cc2)C12CCN(C1Cc3cccc4cccc1c34)CC2. The fourth-order valence-corrected chi connectivity index (χ4v) is 6.52. The van der Waals surface area contributed by atoms with E-state index in [1.54, 1.807) is 0 Å². The molecule has 174 valence electrons. The lowest BCUT2D eigenvalue weighted by Crippen LogP contribution is -2.57. The third-order valence-corrected chi connectivity index (χ3v) is 8.34. The van der Waals surface area contributed by atoms with Gasteiger partial charge in [-0.25, -0.2) is 4.39 Å². The van der Waals surface area contributed by atoms with E-state index in [4.69, 9.17) is 4.74 Å². The molecule has 7 rings (SSSR count). The number of likely N-dealkylation sites (tertiary alicyclic amines) is 1. The van der Waals surface area contributed by atoms with Crippen molar-refractivity contribution in [2.24, 2.45) is 0 Å².